The number of oxime groups is 1. The molecule has 1 aromatic carbocycles. The molecule has 0 atom stereocenters. The smallest absolute Gasteiger partial charge is 0.128 e. The summed E-state index contributed by atoms with van der Waals surface area (Å²) in [5, 5.41) is 20.7. The molecule has 0 aromatic heterocycles. The van der Waals surface area contributed by atoms with E-state index in [4.69, 9.17) is 15.1 Å². The largest absolute Gasteiger partial charge is 0.493 e. The van der Waals surface area contributed by atoms with Crippen molar-refractivity contribution in [1.82, 2.24) is 0 Å². The molecule has 0 aliphatic heterocycles. The van der Waals surface area contributed by atoms with Crippen molar-refractivity contribution in [2.45, 2.75) is 33.1 Å². The molecule has 2 N–H and O–H groups in total. The zero-order valence-corrected chi connectivity index (χ0v) is 11.0. The van der Waals surface area contributed by atoms with Gasteiger partial charge in [-0.2, -0.15) is 0 Å². The van der Waals surface area contributed by atoms with E-state index in [9.17, 15) is 0 Å². The highest BCUT2D eigenvalue weighted by Gasteiger charge is 2.07. The number of benzene rings is 1. The van der Waals surface area contributed by atoms with Gasteiger partial charge in [0, 0.05) is 12.2 Å². The summed E-state index contributed by atoms with van der Waals surface area (Å²) in [7, 11) is 0. The maximum Gasteiger partial charge on any atom is 0.128 e. The van der Waals surface area contributed by atoms with E-state index in [-0.39, 0.29) is 6.61 Å². The van der Waals surface area contributed by atoms with Crippen molar-refractivity contribution in [2.24, 2.45) is 5.16 Å². The minimum absolute atomic E-state index is 0.228. The van der Waals surface area contributed by atoms with Crippen LogP contribution in [0, 0.1) is 6.92 Å². The van der Waals surface area contributed by atoms with E-state index >= 15 is 0 Å². The molecule has 4 heteroatoms. The normalized spacial score (nSPS) is 11.6. The Balaban J connectivity index is 2.65. The van der Waals surface area contributed by atoms with Gasteiger partial charge < -0.3 is 15.1 Å². The molecule has 100 valence electrons. The Morgan fingerprint density at radius 2 is 2.06 bits per heavy atom. The number of nitrogens with zero attached hydrogens (tertiary/aromatic N) is 1. The number of unbranched alkanes of at least 4 members (excludes halogenated alkanes) is 2. The van der Waals surface area contributed by atoms with Crippen molar-refractivity contribution < 1.29 is 15.1 Å². The molecule has 0 aliphatic rings. The Bertz CT molecular complexity index is 402. The predicted octanol–water partition coefficient (Wildman–Crippen LogP) is 2.73. The molecule has 4 nitrogen and oxygen atoms in total. The second-order valence-corrected chi connectivity index (χ2v) is 4.32. The van der Waals surface area contributed by atoms with E-state index < -0.39 is 0 Å². The predicted molar refractivity (Wildman–Crippen MR) is 71.6 cm³/mol. The molecule has 1 aromatic rings. The summed E-state index contributed by atoms with van der Waals surface area (Å²) in [6.07, 6.45) is 2.66. The lowest BCUT2D eigenvalue weighted by molar-refractivity contribution is 0.265. The summed E-state index contributed by atoms with van der Waals surface area (Å²) in [5.74, 6) is 0.745. The van der Waals surface area contributed by atoms with Gasteiger partial charge in [0.05, 0.1) is 12.3 Å². The minimum atomic E-state index is 0.228. The molecule has 0 fully saturated rings. The van der Waals surface area contributed by atoms with Gasteiger partial charge in [0.2, 0.25) is 0 Å². The number of hydrogen-bond acceptors (Lipinski definition) is 4. The van der Waals surface area contributed by atoms with E-state index in [2.05, 4.69) is 5.16 Å². The summed E-state index contributed by atoms with van der Waals surface area (Å²) in [5.41, 5.74) is 2.46. The fourth-order valence-corrected chi connectivity index (χ4v) is 1.67. The van der Waals surface area contributed by atoms with Gasteiger partial charge in [-0.25, -0.2) is 0 Å². The van der Waals surface area contributed by atoms with Crippen LogP contribution in [0.1, 0.15) is 37.3 Å². The topological polar surface area (TPSA) is 62.1 Å². The van der Waals surface area contributed by atoms with Crippen molar-refractivity contribution in [3.63, 3.8) is 0 Å². The zero-order valence-electron chi connectivity index (χ0n) is 11.0. The quantitative estimate of drug-likeness (QED) is 0.339. The fraction of sp³-hybridized carbons (Fsp3) is 0.500. The molecule has 1 rings (SSSR count). The van der Waals surface area contributed by atoms with Gasteiger partial charge in [-0.3, -0.25) is 0 Å². The average Bonchev–Trinajstić information content (AvgIpc) is 2.38. The third-order valence-electron chi connectivity index (χ3n) is 2.74. The van der Waals surface area contributed by atoms with Crippen LogP contribution in [-0.2, 0) is 0 Å². The molecule has 0 amide bonds. The summed E-state index contributed by atoms with van der Waals surface area (Å²) in [6, 6.07) is 5.80. The van der Waals surface area contributed by atoms with Crippen LogP contribution in [0.25, 0.3) is 0 Å². The van der Waals surface area contributed by atoms with Crippen molar-refractivity contribution in [1.29, 1.82) is 0 Å². The van der Waals surface area contributed by atoms with Crippen molar-refractivity contribution in [2.75, 3.05) is 13.2 Å². The molecule has 0 saturated carbocycles. The molecule has 0 spiro atoms. The Kier molecular flexibility index (Phi) is 6.22. The Hall–Kier alpha value is -1.55. The van der Waals surface area contributed by atoms with Crippen LogP contribution in [0.5, 0.6) is 5.75 Å². The second kappa shape index (κ2) is 7.71. The molecule has 0 radical (unpaired) electrons. The lowest BCUT2D eigenvalue weighted by atomic mass is 10.1. The first-order valence-corrected chi connectivity index (χ1v) is 6.22. The van der Waals surface area contributed by atoms with E-state index in [1.54, 1.807) is 6.92 Å². The van der Waals surface area contributed by atoms with E-state index in [1.165, 1.54) is 0 Å². The van der Waals surface area contributed by atoms with Crippen LogP contribution >= 0.6 is 0 Å². The fourth-order valence-electron chi connectivity index (χ4n) is 1.67. The van der Waals surface area contributed by atoms with Gasteiger partial charge in [-0.05, 0) is 50.8 Å². The molecular weight excluding hydrogens is 230 g/mol. The number of hydrogen-bond donors (Lipinski definition) is 2. The van der Waals surface area contributed by atoms with Crippen LogP contribution in [-0.4, -0.2) is 29.2 Å². The van der Waals surface area contributed by atoms with Crippen LogP contribution < -0.4 is 4.74 Å². The Morgan fingerprint density at radius 1 is 1.28 bits per heavy atom. The van der Waals surface area contributed by atoms with Gasteiger partial charge in [-0.15, -0.1) is 0 Å². The SMILES string of the molecule is C/C(=N/O)c1ccc(C)cc1OCCCCCO. The van der Waals surface area contributed by atoms with Crippen molar-refractivity contribution in [3.8, 4) is 5.75 Å². The van der Waals surface area contributed by atoms with Crippen LogP contribution in [0.2, 0.25) is 0 Å². The lowest BCUT2D eigenvalue weighted by Crippen LogP contribution is -2.04. The van der Waals surface area contributed by atoms with E-state index in [0.29, 0.717) is 12.3 Å². The third-order valence-corrected chi connectivity index (χ3v) is 2.74. The number of aryl methyl sites for hydroxylation is 1. The first-order chi connectivity index (χ1) is 8.69. The first kappa shape index (κ1) is 14.5. The van der Waals surface area contributed by atoms with Gasteiger partial charge >= 0.3 is 0 Å². The zero-order chi connectivity index (χ0) is 13.4. The number of ether oxygens (including phenoxy) is 1. The maximum atomic E-state index is 8.83. The number of aliphatic hydroxyl groups excluding tert-OH is 1. The average molecular weight is 251 g/mol. The number of aliphatic hydroxyl groups is 1. The minimum Gasteiger partial charge on any atom is -0.493 e. The molecule has 0 unspecified atom stereocenters. The first-order valence-electron chi connectivity index (χ1n) is 6.22. The highest BCUT2D eigenvalue weighted by atomic mass is 16.5. The maximum absolute atomic E-state index is 8.83. The van der Waals surface area contributed by atoms with Gasteiger partial charge in [0.1, 0.15) is 5.75 Å². The molecule has 18 heavy (non-hydrogen) atoms. The van der Waals surface area contributed by atoms with Crippen LogP contribution in [0.15, 0.2) is 23.4 Å². The molecule has 0 saturated heterocycles. The second-order valence-electron chi connectivity index (χ2n) is 4.32. The monoisotopic (exact) mass is 251 g/mol. The highest BCUT2D eigenvalue weighted by molar-refractivity contribution is 6.00. The van der Waals surface area contributed by atoms with Gasteiger partial charge in [0.25, 0.3) is 0 Å². The molecule has 0 heterocycles. The van der Waals surface area contributed by atoms with E-state index in [1.807, 2.05) is 25.1 Å². The van der Waals surface area contributed by atoms with Gasteiger partial charge in [0.15, 0.2) is 0 Å². The summed E-state index contributed by atoms with van der Waals surface area (Å²) in [6.45, 7) is 4.57. The Morgan fingerprint density at radius 3 is 2.72 bits per heavy atom. The van der Waals surface area contributed by atoms with E-state index in [0.717, 1.165) is 36.1 Å². The molecular formula is C14H21NO3. The van der Waals surface area contributed by atoms with Crippen molar-refractivity contribution >= 4 is 5.71 Å². The van der Waals surface area contributed by atoms with Crippen molar-refractivity contribution in [3.05, 3.63) is 29.3 Å². The van der Waals surface area contributed by atoms with Crippen LogP contribution in [0.3, 0.4) is 0 Å². The molecule has 0 aliphatic carbocycles. The Labute approximate surface area is 108 Å². The van der Waals surface area contributed by atoms with Crippen LogP contribution in [0.4, 0.5) is 0 Å². The highest BCUT2D eigenvalue weighted by Crippen LogP contribution is 2.21. The summed E-state index contributed by atoms with van der Waals surface area (Å²) < 4.78 is 5.71. The number of rotatable bonds is 7. The van der Waals surface area contributed by atoms with Gasteiger partial charge in [-0.1, -0.05) is 11.2 Å². The lowest BCUT2D eigenvalue weighted by Gasteiger charge is -2.11. The molecule has 0 bridgehead atoms. The summed E-state index contributed by atoms with van der Waals surface area (Å²) in [4.78, 5) is 0. The standard InChI is InChI=1S/C14H21NO3/c1-11-6-7-13(12(2)15-17)14(10-11)18-9-5-3-4-8-16/h6-7,10,16-17H,3-5,8-9H2,1-2H3/b15-12-. The third kappa shape index (κ3) is 4.37. The summed E-state index contributed by atoms with van der Waals surface area (Å²) >= 11 is 0.